The van der Waals surface area contributed by atoms with Gasteiger partial charge in [-0.25, -0.2) is 9.97 Å². The topological polar surface area (TPSA) is 102 Å². The van der Waals surface area contributed by atoms with Gasteiger partial charge in [0.05, 0.1) is 36.5 Å². The molecular weight excluding hydrogens is 418 g/mol. The van der Waals surface area contributed by atoms with Crippen LogP contribution in [0.1, 0.15) is 21.9 Å². The predicted octanol–water partition coefficient (Wildman–Crippen LogP) is 2.45. The zero-order valence-electron chi connectivity index (χ0n) is 17.8. The molecule has 1 atom stereocenters. The summed E-state index contributed by atoms with van der Waals surface area (Å²) in [6.07, 6.45) is 1.67. The molecule has 10 heteroatoms. The lowest BCUT2D eigenvalue weighted by atomic mass is 10.1. The van der Waals surface area contributed by atoms with Crippen molar-refractivity contribution in [2.24, 2.45) is 0 Å². The number of imidazole rings is 1. The number of aryl methyl sites for hydroxylation is 1. The van der Waals surface area contributed by atoms with E-state index in [9.17, 15) is 4.79 Å². The van der Waals surface area contributed by atoms with Crippen LogP contribution in [0.5, 0.6) is 5.88 Å². The summed E-state index contributed by atoms with van der Waals surface area (Å²) in [5.41, 5.74) is 3.09. The molecular formula is C21H25N5O4S. The van der Waals surface area contributed by atoms with Crippen molar-refractivity contribution in [3.05, 3.63) is 41.3 Å². The van der Waals surface area contributed by atoms with E-state index in [0.717, 1.165) is 22.6 Å². The molecule has 0 spiro atoms. The fraction of sp³-hybridized carbons (Fsp3) is 0.429. The summed E-state index contributed by atoms with van der Waals surface area (Å²) in [6, 6.07) is 7.29. The second-order valence-corrected chi connectivity index (χ2v) is 8.00. The number of hydrogen-bond acceptors (Lipinski definition) is 8. The van der Waals surface area contributed by atoms with Gasteiger partial charge in [-0.15, -0.1) is 0 Å². The Balaban J connectivity index is 1.40. The maximum atomic E-state index is 13.0. The Morgan fingerprint density at radius 1 is 1.32 bits per heavy atom. The van der Waals surface area contributed by atoms with Crippen molar-refractivity contribution < 1.29 is 19.0 Å². The van der Waals surface area contributed by atoms with Crippen molar-refractivity contribution in [3.63, 3.8) is 0 Å². The van der Waals surface area contributed by atoms with Crippen molar-refractivity contribution in [2.45, 2.75) is 24.8 Å². The quantitative estimate of drug-likeness (QED) is 0.439. The van der Waals surface area contributed by atoms with Crippen molar-refractivity contribution in [1.29, 1.82) is 0 Å². The molecule has 0 aliphatic carbocycles. The normalized spacial score (nSPS) is 16.6. The average Bonchev–Trinajstić information content (AvgIpc) is 3.16. The standard InChI is InChI=1S/C21H25N5O4S/c1-13-22-17-5-4-14(8-18(17)23-13)20(27)26-6-7-29-16(10-26)12-30-19-9-15(11-28-2)24-21(25-19)31-3/h4-5,8-9,16H,6-7,10-12H2,1-3H3,(H,22,23). The molecule has 2 aromatic heterocycles. The first kappa shape index (κ1) is 21.5. The van der Waals surface area contributed by atoms with Gasteiger partial charge >= 0.3 is 0 Å². The molecule has 3 heterocycles. The monoisotopic (exact) mass is 443 g/mol. The van der Waals surface area contributed by atoms with E-state index in [2.05, 4.69) is 19.9 Å². The lowest BCUT2D eigenvalue weighted by Gasteiger charge is -2.32. The number of aromatic nitrogens is 4. The highest BCUT2D eigenvalue weighted by Crippen LogP contribution is 2.19. The van der Waals surface area contributed by atoms with Crippen LogP contribution in [-0.2, 0) is 16.1 Å². The molecule has 1 aliphatic rings. The summed E-state index contributed by atoms with van der Waals surface area (Å²) in [5.74, 6) is 1.27. The van der Waals surface area contributed by atoms with Gasteiger partial charge in [-0.3, -0.25) is 4.79 Å². The van der Waals surface area contributed by atoms with E-state index >= 15 is 0 Å². The van der Waals surface area contributed by atoms with Crippen molar-refractivity contribution in [1.82, 2.24) is 24.8 Å². The molecule has 1 aromatic carbocycles. The molecule has 0 bridgehead atoms. The third-order valence-corrected chi connectivity index (χ3v) is 5.45. The largest absolute Gasteiger partial charge is 0.475 e. The summed E-state index contributed by atoms with van der Waals surface area (Å²) in [7, 11) is 1.62. The maximum absolute atomic E-state index is 13.0. The second-order valence-electron chi connectivity index (χ2n) is 7.23. The number of nitrogens with zero attached hydrogens (tertiary/aromatic N) is 4. The van der Waals surface area contributed by atoms with Gasteiger partial charge in [0.2, 0.25) is 5.88 Å². The predicted molar refractivity (Wildman–Crippen MR) is 116 cm³/mol. The minimum Gasteiger partial charge on any atom is -0.475 e. The Hall–Kier alpha value is -2.69. The van der Waals surface area contributed by atoms with E-state index in [4.69, 9.17) is 14.2 Å². The van der Waals surface area contributed by atoms with E-state index in [1.807, 2.05) is 31.4 Å². The SMILES string of the molecule is COCc1cc(OCC2CN(C(=O)c3ccc4nc(C)[nH]c4c3)CCO2)nc(SC)n1. The number of carbonyl (C=O) groups is 1. The van der Waals surface area contributed by atoms with Crippen LogP contribution in [0.25, 0.3) is 11.0 Å². The van der Waals surface area contributed by atoms with Gasteiger partial charge in [0.1, 0.15) is 18.5 Å². The first-order valence-electron chi connectivity index (χ1n) is 9.96. The van der Waals surface area contributed by atoms with Gasteiger partial charge in [0, 0.05) is 25.3 Å². The number of benzene rings is 1. The third-order valence-electron chi connectivity index (χ3n) is 4.90. The zero-order valence-corrected chi connectivity index (χ0v) is 18.6. The number of morpholine rings is 1. The Morgan fingerprint density at radius 3 is 3.00 bits per heavy atom. The smallest absolute Gasteiger partial charge is 0.254 e. The van der Waals surface area contributed by atoms with Crippen LogP contribution in [0.4, 0.5) is 0 Å². The number of thioether (sulfide) groups is 1. The van der Waals surface area contributed by atoms with Crippen LogP contribution in [0.15, 0.2) is 29.4 Å². The fourth-order valence-electron chi connectivity index (χ4n) is 3.47. The van der Waals surface area contributed by atoms with Gasteiger partial charge < -0.3 is 24.1 Å². The van der Waals surface area contributed by atoms with E-state index in [1.54, 1.807) is 18.1 Å². The van der Waals surface area contributed by atoms with Crippen LogP contribution >= 0.6 is 11.8 Å². The molecule has 164 valence electrons. The average molecular weight is 444 g/mol. The van der Waals surface area contributed by atoms with Gasteiger partial charge in [0.25, 0.3) is 5.91 Å². The van der Waals surface area contributed by atoms with E-state index in [0.29, 0.717) is 49.5 Å². The number of nitrogens with one attached hydrogen (secondary N) is 1. The molecule has 0 radical (unpaired) electrons. The second kappa shape index (κ2) is 9.63. The molecule has 1 amide bonds. The molecule has 0 saturated carbocycles. The van der Waals surface area contributed by atoms with Gasteiger partial charge in [-0.1, -0.05) is 11.8 Å². The number of ether oxygens (including phenoxy) is 3. The van der Waals surface area contributed by atoms with Crippen LogP contribution < -0.4 is 4.74 Å². The van der Waals surface area contributed by atoms with Crippen LogP contribution in [0.3, 0.4) is 0 Å². The number of rotatable bonds is 7. The minimum absolute atomic E-state index is 0.0310. The molecule has 1 saturated heterocycles. The van der Waals surface area contributed by atoms with Crippen LogP contribution in [0.2, 0.25) is 0 Å². The number of hydrogen-bond donors (Lipinski definition) is 1. The molecule has 1 N–H and O–H groups in total. The van der Waals surface area contributed by atoms with E-state index < -0.39 is 0 Å². The highest BCUT2D eigenvalue weighted by Gasteiger charge is 2.26. The van der Waals surface area contributed by atoms with Gasteiger partial charge in [-0.05, 0) is 31.4 Å². The Kier molecular flexibility index (Phi) is 6.69. The minimum atomic E-state index is -0.241. The number of aromatic amines is 1. The van der Waals surface area contributed by atoms with Crippen molar-refractivity contribution >= 4 is 28.7 Å². The molecule has 9 nitrogen and oxygen atoms in total. The lowest BCUT2D eigenvalue weighted by Crippen LogP contribution is -2.47. The van der Waals surface area contributed by atoms with Gasteiger partial charge in [-0.2, -0.15) is 4.98 Å². The number of amides is 1. The summed E-state index contributed by atoms with van der Waals surface area (Å²) in [6.45, 7) is 4.02. The maximum Gasteiger partial charge on any atom is 0.254 e. The van der Waals surface area contributed by atoms with Crippen molar-refractivity contribution in [3.8, 4) is 5.88 Å². The Labute approximate surface area is 184 Å². The molecule has 1 fully saturated rings. The first-order valence-corrected chi connectivity index (χ1v) is 11.2. The lowest BCUT2D eigenvalue weighted by molar-refractivity contribution is -0.0408. The van der Waals surface area contributed by atoms with E-state index in [-0.39, 0.29) is 12.0 Å². The van der Waals surface area contributed by atoms with Crippen LogP contribution in [0, 0.1) is 6.92 Å². The zero-order chi connectivity index (χ0) is 21.8. The third kappa shape index (κ3) is 5.15. The summed E-state index contributed by atoms with van der Waals surface area (Å²) < 4.78 is 16.8. The number of carbonyl (C=O) groups excluding carboxylic acids is 1. The fourth-order valence-corrected chi connectivity index (χ4v) is 3.86. The number of fused-ring (bicyclic) bond motifs is 1. The highest BCUT2D eigenvalue weighted by atomic mass is 32.2. The van der Waals surface area contributed by atoms with Crippen LogP contribution in [-0.4, -0.2) is 76.5 Å². The highest BCUT2D eigenvalue weighted by molar-refractivity contribution is 7.98. The van der Waals surface area contributed by atoms with E-state index in [1.165, 1.54) is 11.8 Å². The number of methoxy groups -OCH3 is 1. The molecule has 1 unspecified atom stereocenters. The molecule has 3 aromatic rings. The summed E-state index contributed by atoms with van der Waals surface area (Å²) >= 11 is 1.44. The van der Waals surface area contributed by atoms with Gasteiger partial charge in [0.15, 0.2) is 5.16 Å². The Bertz CT molecular complexity index is 1070. The summed E-state index contributed by atoms with van der Waals surface area (Å²) in [5, 5.41) is 0.621. The Morgan fingerprint density at radius 2 is 2.19 bits per heavy atom. The molecule has 31 heavy (non-hydrogen) atoms. The van der Waals surface area contributed by atoms with Crippen molar-refractivity contribution in [2.75, 3.05) is 39.7 Å². The summed E-state index contributed by atoms with van der Waals surface area (Å²) in [4.78, 5) is 31.2. The molecule has 1 aliphatic heterocycles. The first-order chi connectivity index (χ1) is 15.1. The molecule has 4 rings (SSSR count). The number of H-pyrrole nitrogens is 1.